The van der Waals surface area contributed by atoms with E-state index in [1.54, 1.807) is 6.20 Å². The summed E-state index contributed by atoms with van der Waals surface area (Å²) in [4.78, 5) is 30.7. The van der Waals surface area contributed by atoms with Crippen LogP contribution in [-0.4, -0.2) is 38.9 Å². The molecule has 0 saturated carbocycles. The number of anilines is 2. The third-order valence-corrected chi connectivity index (χ3v) is 5.57. The first-order valence-corrected chi connectivity index (χ1v) is 10.3. The van der Waals surface area contributed by atoms with E-state index in [0.717, 1.165) is 52.7 Å². The number of imidazole rings is 1. The topological polar surface area (TPSA) is 89.7 Å². The SMILES string of the molecule is Cc1cc(C)c(-c2nc3ccc(NC(=O)c4ccc(N5CCCC5)nc4)cc3[nH]2)[nH]1. The van der Waals surface area contributed by atoms with Gasteiger partial charge >= 0.3 is 0 Å². The molecule has 1 amide bonds. The van der Waals surface area contributed by atoms with Crippen LogP contribution in [0.4, 0.5) is 11.5 Å². The van der Waals surface area contributed by atoms with Crippen LogP contribution in [0.5, 0.6) is 0 Å². The third-order valence-electron chi connectivity index (χ3n) is 5.57. The lowest BCUT2D eigenvalue weighted by molar-refractivity contribution is 0.102. The van der Waals surface area contributed by atoms with Crippen molar-refractivity contribution in [3.05, 3.63) is 59.4 Å². The Morgan fingerprint density at radius 1 is 1.07 bits per heavy atom. The van der Waals surface area contributed by atoms with Crippen LogP contribution in [0.15, 0.2) is 42.6 Å². The highest BCUT2D eigenvalue weighted by Gasteiger charge is 2.15. The van der Waals surface area contributed by atoms with Crippen LogP contribution < -0.4 is 10.2 Å². The zero-order valence-electron chi connectivity index (χ0n) is 17.1. The number of aromatic amines is 2. The van der Waals surface area contributed by atoms with E-state index in [9.17, 15) is 4.79 Å². The molecule has 152 valence electrons. The predicted octanol–water partition coefficient (Wildman–Crippen LogP) is 4.42. The molecule has 0 spiro atoms. The predicted molar refractivity (Wildman–Crippen MR) is 119 cm³/mol. The zero-order chi connectivity index (χ0) is 20.7. The van der Waals surface area contributed by atoms with E-state index < -0.39 is 0 Å². The summed E-state index contributed by atoms with van der Waals surface area (Å²) < 4.78 is 0. The van der Waals surface area contributed by atoms with E-state index in [2.05, 4.69) is 43.1 Å². The van der Waals surface area contributed by atoms with E-state index in [1.165, 1.54) is 12.8 Å². The van der Waals surface area contributed by atoms with Gasteiger partial charge in [0, 0.05) is 30.7 Å². The number of amides is 1. The van der Waals surface area contributed by atoms with E-state index in [4.69, 9.17) is 0 Å². The Kier molecular flexibility index (Phi) is 4.50. The Labute approximate surface area is 174 Å². The number of carbonyl (C=O) groups is 1. The Bertz CT molecular complexity index is 1210. The molecule has 7 heteroatoms. The maximum atomic E-state index is 12.7. The molecule has 3 aromatic heterocycles. The molecule has 30 heavy (non-hydrogen) atoms. The van der Waals surface area contributed by atoms with Crippen LogP contribution in [0.3, 0.4) is 0 Å². The van der Waals surface area contributed by atoms with Crippen LogP contribution in [0, 0.1) is 13.8 Å². The molecule has 0 aliphatic carbocycles. The molecule has 1 aliphatic heterocycles. The van der Waals surface area contributed by atoms with Gasteiger partial charge in [0.2, 0.25) is 0 Å². The molecule has 0 bridgehead atoms. The summed E-state index contributed by atoms with van der Waals surface area (Å²) >= 11 is 0. The number of nitrogens with one attached hydrogen (secondary N) is 3. The Morgan fingerprint density at radius 3 is 2.60 bits per heavy atom. The number of aryl methyl sites for hydroxylation is 2. The molecule has 0 radical (unpaired) electrons. The van der Waals surface area contributed by atoms with Gasteiger partial charge in [0.25, 0.3) is 5.91 Å². The van der Waals surface area contributed by atoms with Crippen molar-refractivity contribution in [3.8, 4) is 11.5 Å². The lowest BCUT2D eigenvalue weighted by Crippen LogP contribution is -2.19. The van der Waals surface area contributed by atoms with E-state index in [1.807, 2.05) is 37.3 Å². The highest BCUT2D eigenvalue weighted by molar-refractivity contribution is 6.05. The van der Waals surface area contributed by atoms with Crippen LogP contribution in [0.25, 0.3) is 22.6 Å². The number of hydrogen-bond donors (Lipinski definition) is 3. The van der Waals surface area contributed by atoms with Gasteiger partial charge in [-0.3, -0.25) is 4.79 Å². The van der Waals surface area contributed by atoms with Crippen molar-refractivity contribution < 1.29 is 4.79 Å². The normalized spacial score (nSPS) is 13.9. The summed E-state index contributed by atoms with van der Waals surface area (Å²) in [5, 5.41) is 2.96. The second-order valence-corrected chi connectivity index (χ2v) is 7.88. The molecule has 1 aliphatic rings. The average molecular weight is 400 g/mol. The Morgan fingerprint density at radius 2 is 1.90 bits per heavy atom. The number of nitrogens with zero attached hydrogens (tertiary/aromatic N) is 3. The molecule has 1 saturated heterocycles. The molecule has 0 atom stereocenters. The van der Waals surface area contributed by atoms with Gasteiger partial charge in [-0.2, -0.15) is 0 Å². The van der Waals surface area contributed by atoms with Gasteiger partial charge in [-0.25, -0.2) is 9.97 Å². The maximum Gasteiger partial charge on any atom is 0.257 e. The van der Waals surface area contributed by atoms with Gasteiger partial charge in [-0.15, -0.1) is 0 Å². The van der Waals surface area contributed by atoms with Crippen LogP contribution >= 0.6 is 0 Å². The van der Waals surface area contributed by atoms with E-state index >= 15 is 0 Å². The molecular formula is C23H24N6O. The molecule has 1 aromatic carbocycles. The van der Waals surface area contributed by atoms with Crippen molar-refractivity contribution in [2.45, 2.75) is 26.7 Å². The fourth-order valence-electron chi connectivity index (χ4n) is 4.04. The molecule has 1 fully saturated rings. The quantitative estimate of drug-likeness (QED) is 0.473. The number of fused-ring (bicyclic) bond motifs is 1. The number of benzene rings is 1. The van der Waals surface area contributed by atoms with Crippen molar-refractivity contribution in [3.63, 3.8) is 0 Å². The largest absolute Gasteiger partial charge is 0.357 e. The molecule has 5 rings (SSSR count). The number of aromatic nitrogens is 4. The highest BCUT2D eigenvalue weighted by Crippen LogP contribution is 2.25. The average Bonchev–Trinajstić information content (AvgIpc) is 3.47. The number of pyridine rings is 1. The summed E-state index contributed by atoms with van der Waals surface area (Å²) in [5.41, 5.74) is 6.21. The summed E-state index contributed by atoms with van der Waals surface area (Å²) in [7, 11) is 0. The van der Waals surface area contributed by atoms with Gasteiger partial charge in [0.15, 0.2) is 5.82 Å². The van der Waals surface area contributed by atoms with Gasteiger partial charge in [-0.1, -0.05) is 0 Å². The van der Waals surface area contributed by atoms with Crippen molar-refractivity contribution in [2.24, 2.45) is 0 Å². The second kappa shape index (κ2) is 7.33. The summed E-state index contributed by atoms with van der Waals surface area (Å²) in [5.74, 6) is 1.55. The smallest absolute Gasteiger partial charge is 0.257 e. The maximum absolute atomic E-state index is 12.7. The number of carbonyl (C=O) groups excluding carboxylic acids is 1. The zero-order valence-corrected chi connectivity index (χ0v) is 17.1. The molecule has 0 unspecified atom stereocenters. The summed E-state index contributed by atoms with van der Waals surface area (Å²) in [6, 6.07) is 11.5. The summed E-state index contributed by atoms with van der Waals surface area (Å²) in [6.07, 6.45) is 4.04. The standard InChI is InChI=1S/C23H24N6O/c1-14-11-15(2)25-21(14)22-27-18-7-6-17(12-19(18)28-22)26-23(30)16-5-8-20(24-13-16)29-9-3-4-10-29/h5-8,11-13,25H,3-4,9-10H2,1-2H3,(H,26,30)(H,27,28). The molecular weight excluding hydrogens is 376 g/mol. The fraction of sp³-hybridized carbons (Fsp3) is 0.261. The van der Waals surface area contributed by atoms with Crippen molar-refractivity contribution in [1.82, 2.24) is 19.9 Å². The van der Waals surface area contributed by atoms with Crippen LogP contribution in [-0.2, 0) is 0 Å². The van der Waals surface area contributed by atoms with Crippen molar-refractivity contribution in [1.29, 1.82) is 0 Å². The number of hydrogen-bond acceptors (Lipinski definition) is 4. The van der Waals surface area contributed by atoms with E-state index in [-0.39, 0.29) is 5.91 Å². The first kappa shape index (κ1) is 18.4. The minimum atomic E-state index is -0.176. The van der Waals surface area contributed by atoms with Crippen molar-refractivity contribution >= 4 is 28.4 Å². The second-order valence-electron chi connectivity index (χ2n) is 7.88. The lowest BCUT2D eigenvalue weighted by Gasteiger charge is -2.16. The number of H-pyrrole nitrogens is 2. The first-order chi connectivity index (χ1) is 14.6. The Hall–Kier alpha value is -3.61. The fourth-order valence-corrected chi connectivity index (χ4v) is 4.04. The van der Waals surface area contributed by atoms with Gasteiger partial charge < -0.3 is 20.2 Å². The molecule has 4 aromatic rings. The van der Waals surface area contributed by atoms with Gasteiger partial charge in [-0.05, 0) is 68.7 Å². The van der Waals surface area contributed by atoms with Crippen LogP contribution in [0.1, 0.15) is 34.5 Å². The highest BCUT2D eigenvalue weighted by atomic mass is 16.1. The minimum absolute atomic E-state index is 0.176. The lowest BCUT2D eigenvalue weighted by atomic mass is 10.2. The van der Waals surface area contributed by atoms with Crippen LogP contribution in [0.2, 0.25) is 0 Å². The van der Waals surface area contributed by atoms with Gasteiger partial charge in [0.1, 0.15) is 5.82 Å². The van der Waals surface area contributed by atoms with E-state index in [0.29, 0.717) is 11.3 Å². The molecule has 4 heterocycles. The summed E-state index contributed by atoms with van der Waals surface area (Å²) in [6.45, 7) is 6.15. The molecule has 3 N–H and O–H groups in total. The first-order valence-electron chi connectivity index (χ1n) is 10.3. The van der Waals surface area contributed by atoms with Gasteiger partial charge in [0.05, 0.1) is 22.3 Å². The monoisotopic (exact) mass is 400 g/mol. The van der Waals surface area contributed by atoms with Crippen molar-refractivity contribution in [2.75, 3.05) is 23.3 Å². The number of rotatable bonds is 4. The molecule has 7 nitrogen and oxygen atoms in total. The minimum Gasteiger partial charge on any atom is -0.357 e. The Balaban J connectivity index is 1.34. The third kappa shape index (κ3) is 3.43.